The predicted molar refractivity (Wildman–Crippen MR) is 66.4 cm³/mol. The molecule has 1 aliphatic rings. The second kappa shape index (κ2) is 4.49. The second-order valence-corrected chi connectivity index (χ2v) is 5.01. The summed E-state index contributed by atoms with van der Waals surface area (Å²) in [5.41, 5.74) is 1.61. The molecule has 0 radical (unpaired) electrons. The zero-order valence-electron chi connectivity index (χ0n) is 10.6. The van der Waals surface area contributed by atoms with Crippen LogP contribution in [0.5, 0.6) is 0 Å². The van der Waals surface area contributed by atoms with Crippen LogP contribution in [0.3, 0.4) is 0 Å². The molecule has 0 aliphatic carbocycles. The van der Waals surface area contributed by atoms with Crippen molar-refractivity contribution in [1.29, 1.82) is 0 Å². The highest BCUT2D eigenvalue weighted by Gasteiger charge is 2.46. The molecule has 1 aromatic rings. The lowest BCUT2D eigenvalue weighted by molar-refractivity contribution is -0.149. The Hall–Kier alpha value is -1.35. The number of hydrogen-bond acceptors (Lipinski definition) is 3. The molecule has 1 N–H and O–H groups in total. The quantitative estimate of drug-likeness (QED) is 0.813. The molecule has 2 rings (SSSR count). The van der Waals surface area contributed by atoms with E-state index in [9.17, 15) is 4.79 Å². The van der Waals surface area contributed by atoms with Gasteiger partial charge in [0.2, 0.25) is 0 Å². The first kappa shape index (κ1) is 12.1. The summed E-state index contributed by atoms with van der Waals surface area (Å²) in [5, 5.41) is 3.34. The number of carbonyl (C=O) groups is 1. The van der Waals surface area contributed by atoms with Gasteiger partial charge in [-0.2, -0.15) is 0 Å². The highest BCUT2D eigenvalue weighted by molar-refractivity contribution is 5.84. The van der Waals surface area contributed by atoms with Gasteiger partial charge in [0.05, 0.1) is 7.11 Å². The number of hydrogen-bond donors (Lipinski definition) is 1. The Bertz CT molecular complexity index is 428. The maximum atomic E-state index is 12.1. The third kappa shape index (κ3) is 1.95. The first-order chi connectivity index (χ1) is 8.10. The third-order valence-corrected chi connectivity index (χ3v) is 3.31. The zero-order valence-corrected chi connectivity index (χ0v) is 10.6. The van der Waals surface area contributed by atoms with Crippen LogP contribution in [-0.4, -0.2) is 13.1 Å². The number of nitrogens with one attached hydrogen (secondary N) is 1. The first-order valence-corrected chi connectivity index (χ1v) is 6.02. The number of methoxy groups -OCH3 is 1. The van der Waals surface area contributed by atoms with Crippen LogP contribution in [0, 0.1) is 5.92 Å². The zero-order chi connectivity index (χ0) is 12.5. The molecule has 0 saturated carbocycles. The van der Waals surface area contributed by atoms with Crippen molar-refractivity contribution >= 4 is 5.97 Å². The molecule has 1 heterocycles. The van der Waals surface area contributed by atoms with E-state index in [1.165, 1.54) is 12.7 Å². The van der Waals surface area contributed by atoms with Crippen molar-refractivity contribution in [2.24, 2.45) is 5.92 Å². The molecule has 92 valence electrons. The van der Waals surface area contributed by atoms with Crippen LogP contribution >= 0.6 is 0 Å². The molecule has 3 heteroatoms. The summed E-state index contributed by atoms with van der Waals surface area (Å²) in [6.07, 6.45) is 0.761. The molecule has 1 atom stereocenters. The van der Waals surface area contributed by atoms with Crippen molar-refractivity contribution in [1.82, 2.24) is 5.32 Å². The number of fused-ring (bicyclic) bond motifs is 1. The van der Waals surface area contributed by atoms with Crippen molar-refractivity contribution in [3.05, 3.63) is 35.4 Å². The van der Waals surface area contributed by atoms with Crippen molar-refractivity contribution in [3.8, 4) is 0 Å². The molecule has 0 aromatic heterocycles. The molecule has 0 fully saturated rings. The Morgan fingerprint density at radius 2 is 2.18 bits per heavy atom. The van der Waals surface area contributed by atoms with Crippen molar-refractivity contribution in [2.75, 3.05) is 7.11 Å². The van der Waals surface area contributed by atoms with Crippen LogP contribution in [0.15, 0.2) is 24.3 Å². The van der Waals surface area contributed by atoms with Crippen LogP contribution in [0.4, 0.5) is 0 Å². The summed E-state index contributed by atoms with van der Waals surface area (Å²) < 4.78 is 4.99. The monoisotopic (exact) mass is 233 g/mol. The minimum Gasteiger partial charge on any atom is -0.467 e. The van der Waals surface area contributed by atoms with Gasteiger partial charge in [0.15, 0.2) is 0 Å². The summed E-state index contributed by atoms with van der Waals surface area (Å²) in [7, 11) is 1.45. The van der Waals surface area contributed by atoms with Gasteiger partial charge in [0.25, 0.3) is 0 Å². The predicted octanol–water partition coefficient (Wildman–Crippen LogP) is 2.20. The fourth-order valence-electron chi connectivity index (χ4n) is 2.67. The average Bonchev–Trinajstić information content (AvgIpc) is 2.68. The SMILES string of the molecule is COC(=O)C1(CC(C)C)NCc2ccccc21. The van der Waals surface area contributed by atoms with Gasteiger partial charge in [0.1, 0.15) is 5.54 Å². The summed E-state index contributed by atoms with van der Waals surface area (Å²) in [4.78, 5) is 12.1. The van der Waals surface area contributed by atoms with Crippen molar-refractivity contribution < 1.29 is 9.53 Å². The Kier molecular flexibility index (Phi) is 3.20. The first-order valence-electron chi connectivity index (χ1n) is 6.02. The van der Waals surface area contributed by atoms with Gasteiger partial charge in [-0.05, 0) is 23.5 Å². The van der Waals surface area contributed by atoms with Crippen LogP contribution in [-0.2, 0) is 21.6 Å². The van der Waals surface area contributed by atoms with Crippen LogP contribution in [0.25, 0.3) is 0 Å². The summed E-state index contributed by atoms with van der Waals surface area (Å²) in [6, 6.07) is 8.06. The molecule has 1 unspecified atom stereocenters. The fraction of sp³-hybridized carbons (Fsp3) is 0.500. The lowest BCUT2D eigenvalue weighted by atomic mass is 9.83. The minimum atomic E-state index is -0.653. The molecule has 0 saturated heterocycles. The number of carbonyl (C=O) groups excluding carboxylic acids is 1. The van der Waals surface area contributed by atoms with E-state index >= 15 is 0 Å². The highest BCUT2D eigenvalue weighted by Crippen LogP contribution is 2.37. The molecule has 0 bridgehead atoms. The van der Waals surface area contributed by atoms with E-state index in [0.29, 0.717) is 5.92 Å². The maximum Gasteiger partial charge on any atom is 0.330 e. The minimum absolute atomic E-state index is 0.184. The molecule has 3 nitrogen and oxygen atoms in total. The van der Waals surface area contributed by atoms with Gasteiger partial charge < -0.3 is 4.74 Å². The standard InChI is InChI=1S/C14H19NO2/c1-10(2)8-14(13(16)17-3)12-7-5-4-6-11(12)9-15-14/h4-7,10,15H,8-9H2,1-3H3. The number of esters is 1. The molecule has 1 aromatic carbocycles. The van der Waals surface area contributed by atoms with E-state index in [4.69, 9.17) is 4.74 Å². The second-order valence-electron chi connectivity index (χ2n) is 5.01. The van der Waals surface area contributed by atoms with Crippen LogP contribution in [0.1, 0.15) is 31.4 Å². The highest BCUT2D eigenvalue weighted by atomic mass is 16.5. The third-order valence-electron chi connectivity index (χ3n) is 3.31. The molecule has 0 amide bonds. The molecule has 17 heavy (non-hydrogen) atoms. The summed E-state index contributed by atoms with van der Waals surface area (Å²) in [5.74, 6) is 0.240. The lowest BCUT2D eigenvalue weighted by Crippen LogP contribution is -2.46. The molecule has 1 aliphatic heterocycles. The number of benzene rings is 1. The van der Waals surface area contributed by atoms with Gasteiger partial charge in [-0.3, -0.25) is 5.32 Å². The maximum absolute atomic E-state index is 12.1. The van der Waals surface area contributed by atoms with Crippen LogP contribution < -0.4 is 5.32 Å². The Labute approximate surface area is 102 Å². The van der Waals surface area contributed by atoms with Gasteiger partial charge in [-0.1, -0.05) is 38.1 Å². The van der Waals surface area contributed by atoms with E-state index in [0.717, 1.165) is 18.5 Å². The van der Waals surface area contributed by atoms with Gasteiger partial charge in [-0.15, -0.1) is 0 Å². The Morgan fingerprint density at radius 1 is 1.47 bits per heavy atom. The fourth-order valence-corrected chi connectivity index (χ4v) is 2.67. The smallest absolute Gasteiger partial charge is 0.330 e. The largest absolute Gasteiger partial charge is 0.467 e. The normalized spacial score (nSPS) is 22.6. The molecular weight excluding hydrogens is 214 g/mol. The number of rotatable bonds is 3. The van der Waals surface area contributed by atoms with Crippen molar-refractivity contribution in [2.45, 2.75) is 32.4 Å². The number of ether oxygens (including phenoxy) is 1. The van der Waals surface area contributed by atoms with E-state index in [-0.39, 0.29) is 5.97 Å². The summed E-state index contributed by atoms with van der Waals surface area (Å²) in [6.45, 7) is 4.97. The Balaban J connectivity index is 2.46. The van der Waals surface area contributed by atoms with E-state index in [2.05, 4.69) is 25.2 Å². The van der Waals surface area contributed by atoms with E-state index in [1.54, 1.807) is 0 Å². The summed E-state index contributed by atoms with van der Waals surface area (Å²) >= 11 is 0. The average molecular weight is 233 g/mol. The van der Waals surface area contributed by atoms with E-state index < -0.39 is 5.54 Å². The van der Waals surface area contributed by atoms with Gasteiger partial charge in [-0.25, -0.2) is 4.79 Å². The van der Waals surface area contributed by atoms with E-state index in [1.807, 2.05) is 18.2 Å². The van der Waals surface area contributed by atoms with Gasteiger partial charge in [0, 0.05) is 6.54 Å². The van der Waals surface area contributed by atoms with Crippen molar-refractivity contribution in [3.63, 3.8) is 0 Å². The Morgan fingerprint density at radius 3 is 2.82 bits per heavy atom. The molecule has 0 spiro atoms. The van der Waals surface area contributed by atoms with Crippen LogP contribution in [0.2, 0.25) is 0 Å². The molecular formula is C14H19NO2. The lowest BCUT2D eigenvalue weighted by Gasteiger charge is -2.29. The topological polar surface area (TPSA) is 38.3 Å². The van der Waals surface area contributed by atoms with Gasteiger partial charge >= 0.3 is 5.97 Å².